The fourth-order valence-corrected chi connectivity index (χ4v) is 2.33. The Morgan fingerprint density at radius 3 is 2.09 bits per heavy atom. The van der Waals surface area contributed by atoms with Gasteiger partial charge in [0.15, 0.2) is 0 Å². The van der Waals surface area contributed by atoms with E-state index in [1.54, 1.807) is 14.2 Å². The first-order valence-corrected chi connectivity index (χ1v) is 6.42. The molecule has 1 atom stereocenters. The molecule has 0 spiro atoms. The van der Waals surface area contributed by atoms with Gasteiger partial charge in [-0.3, -0.25) is 0 Å². The lowest BCUT2D eigenvalue weighted by atomic mass is 10.3. The predicted molar refractivity (Wildman–Crippen MR) is 48.7 cm³/mol. The molecule has 0 amide bonds. The first-order chi connectivity index (χ1) is 5.04. The van der Waals surface area contributed by atoms with Gasteiger partial charge in [0, 0.05) is 20.3 Å². The molecule has 68 valence electrons. The van der Waals surface area contributed by atoms with Crippen LogP contribution in [0.25, 0.3) is 0 Å². The standard InChI is InChI=1S/C7H19NO2Si/c1-7(8)5-6-11(4,9-2)10-3/h7H,5-6,8H2,1-4H3. The lowest BCUT2D eigenvalue weighted by Gasteiger charge is -2.23. The lowest BCUT2D eigenvalue weighted by molar-refractivity contribution is 0.247. The van der Waals surface area contributed by atoms with Gasteiger partial charge < -0.3 is 14.6 Å². The maximum absolute atomic E-state index is 5.62. The Morgan fingerprint density at radius 2 is 1.82 bits per heavy atom. The molecule has 0 fully saturated rings. The van der Waals surface area contributed by atoms with Crippen molar-refractivity contribution in [3.63, 3.8) is 0 Å². The normalized spacial score (nSPS) is 15.0. The third-order valence-electron chi connectivity index (χ3n) is 1.92. The van der Waals surface area contributed by atoms with Crippen molar-refractivity contribution in [1.29, 1.82) is 0 Å². The Morgan fingerprint density at radius 1 is 1.36 bits per heavy atom. The molecule has 0 heterocycles. The number of rotatable bonds is 5. The summed E-state index contributed by atoms with van der Waals surface area (Å²) in [5.41, 5.74) is 5.62. The fourth-order valence-electron chi connectivity index (χ4n) is 0.777. The Bertz CT molecular complexity index is 105. The van der Waals surface area contributed by atoms with Gasteiger partial charge in [-0.15, -0.1) is 0 Å². The van der Waals surface area contributed by atoms with E-state index in [1.165, 1.54) is 0 Å². The van der Waals surface area contributed by atoms with Crippen LogP contribution in [0.3, 0.4) is 0 Å². The molecule has 0 aliphatic rings. The van der Waals surface area contributed by atoms with E-state index in [9.17, 15) is 0 Å². The highest BCUT2D eigenvalue weighted by molar-refractivity contribution is 6.65. The minimum absolute atomic E-state index is 0.243. The SMILES string of the molecule is CO[Si](C)(CCC(C)N)OC. The van der Waals surface area contributed by atoms with Crippen molar-refractivity contribution in [3.8, 4) is 0 Å². The summed E-state index contributed by atoms with van der Waals surface area (Å²) in [6.45, 7) is 4.05. The van der Waals surface area contributed by atoms with E-state index >= 15 is 0 Å². The van der Waals surface area contributed by atoms with Crippen molar-refractivity contribution < 1.29 is 8.85 Å². The van der Waals surface area contributed by atoms with Crippen LogP contribution in [0.15, 0.2) is 0 Å². The second kappa shape index (κ2) is 4.87. The van der Waals surface area contributed by atoms with Crippen molar-refractivity contribution in [1.82, 2.24) is 0 Å². The molecule has 0 bridgehead atoms. The third kappa shape index (κ3) is 4.52. The molecule has 0 radical (unpaired) electrons. The minimum Gasteiger partial charge on any atom is -0.398 e. The first kappa shape index (κ1) is 11.1. The van der Waals surface area contributed by atoms with Crippen LogP contribution in [0.1, 0.15) is 13.3 Å². The summed E-state index contributed by atoms with van der Waals surface area (Å²) in [5.74, 6) is 0. The maximum atomic E-state index is 5.62. The molecule has 0 aromatic carbocycles. The average molecular weight is 177 g/mol. The largest absolute Gasteiger partial charge is 0.398 e. The third-order valence-corrected chi connectivity index (χ3v) is 4.84. The smallest absolute Gasteiger partial charge is 0.334 e. The Hall–Kier alpha value is 0.0969. The average Bonchev–Trinajstić information content (AvgIpc) is 2.00. The van der Waals surface area contributed by atoms with Crippen LogP contribution >= 0.6 is 0 Å². The van der Waals surface area contributed by atoms with Crippen molar-refractivity contribution in [2.45, 2.75) is 32.0 Å². The summed E-state index contributed by atoms with van der Waals surface area (Å²) in [5, 5.41) is 0. The molecule has 0 aromatic rings. The molecule has 0 rings (SSSR count). The zero-order valence-corrected chi connectivity index (χ0v) is 8.89. The van der Waals surface area contributed by atoms with Crippen molar-refractivity contribution >= 4 is 8.56 Å². The van der Waals surface area contributed by atoms with Gasteiger partial charge in [-0.1, -0.05) is 0 Å². The van der Waals surface area contributed by atoms with Crippen LogP contribution in [0.2, 0.25) is 12.6 Å². The van der Waals surface area contributed by atoms with Gasteiger partial charge in [0.1, 0.15) is 0 Å². The zero-order chi connectivity index (χ0) is 8.91. The first-order valence-electron chi connectivity index (χ1n) is 3.90. The van der Waals surface area contributed by atoms with Crippen LogP contribution in [0, 0.1) is 0 Å². The van der Waals surface area contributed by atoms with Crippen molar-refractivity contribution in [2.75, 3.05) is 14.2 Å². The molecular formula is C7H19NO2Si. The summed E-state index contributed by atoms with van der Waals surface area (Å²) in [7, 11) is 1.57. The van der Waals surface area contributed by atoms with E-state index in [1.807, 2.05) is 6.92 Å². The highest BCUT2D eigenvalue weighted by Gasteiger charge is 2.28. The molecule has 2 N–H and O–H groups in total. The molecule has 0 aromatic heterocycles. The fraction of sp³-hybridized carbons (Fsp3) is 1.00. The predicted octanol–water partition coefficient (Wildman–Crippen LogP) is 1.09. The zero-order valence-electron chi connectivity index (χ0n) is 7.89. The monoisotopic (exact) mass is 177 g/mol. The second-order valence-electron chi connectivity index (χ2n) is 3.06. The van der Waals surface area contributed by atoms with Gasteiger partial charge in [-0.05, 0) is 25.9 Å². The quantitative estimate of drug-likeness (QED) is 0.639. The van der Waals surface area contributed by atoms with E-state index in [0.717, 1.165) is 12.5 Å². The Kier molecular flexibility index (Phi) is 4.91. The maximum Gasteiger partial charge on any atom is 0.334 e. The van der Waals surface area contributed by atoms with E-state index in [0.29, 0.717) is 0 Å². The molecule has 0 saturated heterocycles. The van der Waals surface area contributed by atoms with Crippen molar-refractivity contribution in [2.24, 2.45) is 5.73 Å². The summed E-state index contributed by atoms with van der Waals surface area (Å²) in [4.78, 5) is 0. The van der Waals surface area contributed by atoms with Crippen LogP contribution in [0.5, 0.6) is 0 Å². The molecule has 1 unspecified atom stereocenters. The number of hydrogen-bond donors (Lipinski definition) is 1. The van der Waals surface area contributed by atoms with Crippen molar-refractivity contribution in [3.05, 3.63) is 0 Å². The molecule has 11 heavy (non-hydrogen) atoms. The van der Waals surface area contributed by atoms with Gasteiger partial charge in [0.25, 0.3) is 0 Å². The molecule has 4 heteroatoms. The number of nitrogens with two attached hydrogens (primary N) is 1. The highest BCUT2D eigenvalue weighted by Crippen LogP contribution is 2.14. The van der Waals surface area contributed by atoms with Gasteiger partial charge in [-0.2, -0.15) is 0 Å². The summed E-state index contributed by atoms with van der Waals surface area (Å²) in [6, 6.07) is 1.21. The van der Waals surface area contributed by atoms with Crippen LogP contribution in [-0.4, -0.2) is 28.8 Å². The summed E-state index contributed by atoms with van der Waals surface area (Å²) >= 11 is 0. The van der Waals surface area contributed by atoms with Gasteiger partial charge in [0.05, 0.1) is 0 Å². The topological polar surface area (TPSA) is 44.5 Å². The van der Waals surface area contributed by atoms with Crippen LogP contribution in [-0.2, 0) is 8.85 Å². The van der Waals surface area contributed by atoms with Gasteiger partial charge >= 0.3 is 8.56 Å². The molecule has 0 aliphatic heterocycles. The van der Waals surface area contributed by atoms with E-state index < -0.39 is 8.56 Å². The molecule has 0 saturated carbocycles. The lowest BCUT2D eigenvalue weighted by Crippen LogP contribution is -2.37. The minimum atomic E-state index is -1.84. The Balaban J connectivity index is 3.69. The van der Waals surface area contributed by atoms with Crippen LogP contribution in [0.4, 0.5) is 0 Å². The summed E-state index contributed by atoms with van der Waals surface area (Å²) < 4.78 is 10.6. The highest BCUT2D eigenvalue weighted by atomic mass is 28.4. The van der Waals surface area contributed by atoms with Crippen LogP contribution < -0.4 is 5.73 Å². The summed E-state index contributed by atoms with van der Waals surface area (Å²) in [6.07, 6.45) is 0.977. The van der Waals surface area contributed by atoms with E-state index in [-0.39, 0.29) is 6.04 Å². The Labute approximate surface area is 70.1 Å². The second-order valence-corrected chi connectivity index (χ2v) is 6.64. The van der Waals surface area contributed by atoms with Gasteiger partial charge in [0.2, 0.25) is 0 Å². The number of hydrogen-bond acceptors (Lipinski definition) is 3. The van der Waals surface area contributed by atoms with Gasteiger partial charge in [-0.25, -0.2) is 0 Å². The molecular weight excluding hydrogens is 158 g/mol. The van der Waals surface area contributed by atoms with E-state index in [2.05, 4.69) is 6.55 Å². The molecule has 3 nitrogen and oxygen atoms in total. The van der Waals surface area contributed by atoms with E-state index in [4.69, 9.17) is 14.6 Å². The molecule has 0 aliphatic carbocycles.